The Kier molecular flexibility index (Phi) is 4.36. The van der Waals surface area contributed by atoms with E-state index in [0.29, 0.717) is 5.92 Å². The lowest BCUT2D eigenvalue weighted by atomic mass is 9.73. The minimum Gasteiger partial charge on any atom is -0.411 e. The number of fused-ring (bicyclic) bond motifs is 3. The molecule has 1 aliphatic heterocycles. The van der Waals surface area contributed by atoms with Crippen molar-refractivity contribution in [3.8, 4) is 0 Å². The van der Waals surface area contributed by atoms with Crippen LogP contribution in [0.25, 0.3) is 0 Å². The van der Waals surface area contributed by atoms with Crippen molar-refractivity contribution in [2.24, 2.45) is 5.92 Å². The molecule has 2 fully saturated rings. The van der Waals surface area contributed by atoms with Gasteiger partial charge < -0.3 is 13.9 Å². The molecular weight excluding hydrogens is 304 g/mol. The zero-order valence-corrected chi connectivity index (χ0v) is 16.9. The lowest BCUT2D eigenvalue weighted by Gasteiger charge is -2.46. The molecule has 3 rings (SSSR count). The molecule has 4 atom stereocenters. The smallest absolute Gasteiger partial charge is 0.192 e. The van der Waals surface area contributed by atoms with E-state index in [1.165, 1.54) is 19.3 Å². The molecule has 0 amide bonds. The molecule has 132 valence electrons. The van der Waals surface area contributed by atoms with Crippen LogP contribution in [-0.4, -0.2) is 32.4 Å². The van der Waals surface area contributed by atoms with Gasteiger partial charge in [-0.05, 0) is 57.7 Å². The maximum atomic E-state index is 6.79. The number of allylic oxidation sites excluding steroid dienone is 1. The largest absolute Gasteiger partial charge is 0.411 e. The third-order valence-electron chi connectivity index (χ3n) is 6.22. The molecule has 1 saturated heterocycles. The molecule has 3 nitrogen and oxygen atoms in total. The molecule has 0 spiro atoms. The quantitative estimate of drug-likeness (QED) is 0.522. The Hall–Kier alpha value is -0.163. The summed E-state index contributed by atoms with van der Waals surface area (Å²) in [7, 11) is -1.82. The van der Waals surface area contributed by atoms with Crippen LogP contribution >= 0.6 is 0 Å². The normalized spacial score (nSPS) is 37.1. The van der Waals surface area contributed by atoms with Gasteiger partial charge in [0.15, 0.2) is 14.1 Å². The molecule has 1 heterocycles. The number of hydrogen-bond acceptors (Lipinski definition) is 3. The Morgan fingerprint density at radius 1 is 1.17 bits per heavy atom. The van der Waals surface area contributed by atoms with Crippen LogP contribution in [0.3, 0.4) is 0 Å². The van der Waals surface area contributed by atoms with Crippen molar-refractivity contribution in [1.29, 1.82) is 0 Å². The maximum Gasteiger partial charge on any atom is 0.192 e. The van der Waals surface area contributed by atoms with Crippen LogP contribution in [0, 0.1) is 5.92 Å². The SMILES string of the molecule is CC1(C)O[C@@H]2[C@H](O1)[C@H]1CCCC=C1C[C@@H]2O[Si](C)(C)C(C)(C)C. The van der Waals surface area contributed by atoms with Crippen LogP contribution in [0.2, 0.25) is 18.1 Å². The van der Waals surface area contributed by atoms with E-state index in [1.807, 2.05) is 13.8 Å². The van der Waals surface area contributed by atoms with Crippen molar-refractivity contribution in [1.82, 2.24) is 0 Å². The Morgan fingerprint density at radius 2 is 1.83 bits per heavy atom. The minimum absolute atomic E-state index is 0.0828. The lowest BCUT2D eigenvalue weighted by Crippen LogP contribution is -2.53. The third kappa shape index (κ3) is 3.32. The van der Waals surface area contributed by atoms with Crippen LogP contribution in [-0.2, 0) is 13.9 Å². The summed E-state index contributed by atoms with van der Waals surface area (Å²) in [5.74, 6) is 0.0480. The summed E-state index contributed by atoms with van der Waals surface area (Å²) < 4.78 is 19.4. The van der Waals surface area contributed by atoms with Gasteiger partial charge in [-0.25, -0.2) is 0 Å². The summed E-state index contributed by atoms with van der Waals surface area (Å²) in [6.45, 7) is 15.7. The molecule has 0 unspecified atom stereocenters. The fourth-order valence-electron chi connectivity index (χ4n) is 4.00. The van der Waals surface area contributed by atoms with Crippen molar-refractivity contribution in [3.63, 3.8) is 0 Å². The molecule has 0 N–H and O–H groups in total. The standard InChI is InChI=1S/C19H34O3Si/c1-18(2,3)23(6,7)22-15-12-13-10-8-9-11-14(13)16-17(15)21-19(4,5)20-16/h10,14-17H,8-9,11-12H2,1-7H3/t14-,15-,16+,17-/m0/s1. The Labute approximate surface area is 142 Å². The predicted molar refractivity (Wildman–Crippen MR) is 95.9 cm³/mol. The molecule has 4 heteroatoms. The van der Waals surface area contributed by atoms with Gasteiger partial charge in [0.2, 0.25) is 0 Å². The monoisotopic (exact) mass is 338 g/mol. The highest BCUT2D eigenvalue weighted by Gasteiger charge is 2.54. The molecule has 23 heavy (non-hydrogen) atoms. The number of ether oxygens (including phenoxy) is 2. The van der Waals surface area contributed by atoms with Crippen molar-refractivity contribution in [3.05, 3.63) is 11.6 Å². The highest BCUT2D eigenvalue weighted by atomic mass is 28.4. The summed E-state index contributed by atoms with van der Waals surface area (Å²) in [5, 5.41) is 0.218. The van der Waals surface area contributed by atoms with Crippen molar-refractivity contribution < 1.29 is 13.9 Å². The fraction of sp³-hybridized carbons (Fsp3) is 0.895. The van der Waals surface area contributed by atoms with Crippen LogP contribution in [0.15, 0.2) is 11.6 Å². The Morgan fingerprint density at radius 3 is 2.48 bits per heavy atom. The van der Waals surface area contributed by atoms with Crippen LogP contribution in [0.5, 0.6) is 0 Å². The van der Waals surface area contributed by atoms with Gasteiger partial charge in [0.1, 0.15) is 6.10 Å². The first-order valence-electron chi connectivity index (χ1n) is 9.23. The first-order chi connectivity index (χ1) is 10.5. The predicted octanol–water partition coefficient (Wildman–Crippen LogP) is 5.03. The van der Waals surface area contributed by atoms with Gasteiger partial charge in [-0.15, -0.1) is 0 Å². The van der Waals surface area contributed by atoms with Gasteiger partial charge in [-0.2, -0.15) is 0 Å². The van der Waals surface area contributed by atoms with Crippen molar-refractivity contribution in [2.45, 2.75) is 103 Å². The molecule has 3 aliphatic rings. The second kappa shape index (κ2) is 5.69. The van der Waals surface area contributed by atoms with E-state index in [2.05, 4.69) is 39.9 Å². The Bertz CT molecular complexity index is 489. The van der Waals surface area contributed by atoms with Crippen molar-refractivity contribution >= 4 is 8.32 Å². The van der Waals surface area contributed by atoms with Gasteiger partial charge >= 0.3 is 0 Å². The van der Waals surface area contributed by atoms with E-state index in [0.717, 1.165) is 6.42 Å². The molecule has 0 aromatic carbocycles. The summed E-state index contributed by atoms with van der Waals surface area (Å²) in [5.41, 5.74) is 1.56. The maximum absolute atomic E-state index is 6.79. The van der Waals surface area contributed by atoms with E-state index in [1.54, 1.807) is 5.57 Å². The van der Waals surface area contributed by atoms with Crippen LogP contribution in [0.1, 0.15) is 60.3 Å². The van der Waals surface area contributed by atoms with E-state index in [4.69, 9.17) is 13.9 Å². The topological polar surface area (TPSA) is 27.7 Å². The Balaban J connectivity index is 1.87. The molecule has 0 aromatic rings. The molecule has 0 radical (unpaired) electrons. The fourth-order valence-corrected chi connectivity index (χ4v) is 5.33. The first kappa shape index (κ1) is 17.7. The van der Waals surface area contributed by atoms with Gasteiger partial charge in [0.25, 0.3) is 0 Å². The highest BCUT2D eigenvalue weighted by Crippen LogP contribution is 2.48. The molecule has 0 aromatic heterocycles. The highest BCUT2D eigenvalue weighted by molar-refractivity contribution is 6.74. The summed E-state index contributed by atoms with van der Waals surface area (Å²) in [6.07, 6.45) is 7.58. The lowest BCUT2D eigenvalue weighted by molar-refractivity contribution is -0.154. The summed E-state index contributed by atoms with van der Waals surface area (Å²) >= 11 is 0. The van der Waals surface area contributed by atoms with Crippen LogP contribution in [0.4, 0.5) is 0 Å². The minimum atomic E-state index is -1.82. The second-order valence-electron chi connectivity index (χ2n) is 9.50. The van der Waals surface area contributed by atoms with E-state index in [-0.39, 0.29) is 23.4 Å². The van der Waals surface area contributed by atoms with Gasteiger partial charge in [0.05, 0.1) is 12.2 Å². The average molecular weight is 339 g/mol. The third-order valence-corrected chi connectivity index (χ3v) is 10.7. The van der Waals surface area contributed by atoms with E-state index in [9.17, 15) is 0 Å². The number of hydrogen-bond donors (Lipinski definition) is 0. The molecule has 2 aliphatic carbocycles. The molecular formula is C19H34O3Si. The summed E-state index contributed by atoms with van der Waals surface area (Å²) in [4.78, 5) is 0. The zero-order chi connectivity index (χ0) is 17.0. The number of rotatable bonds is 2. The average Bonchev–Trinajstić information content (AvgIpc) is 2.73. The van der Waals surface area contributed by atoms with E-state index >= 15 is 0 Å². The molecule has 1 saturated carbocycles. The van der Waals surface area contributed by atoms with Crippen LogP contribution < -0.4 is 0 Å². The molecule has 0 bridgehead atoms. The second-order valence-corrected chi connectivity index (χ2v) is 14.3. The van der Waals surface area contributed by atoms with Gasteiger partial charge in [-0.1, -0.05) is 32.4 Å². The van der Waals surface area contributed by atoms with Gasteiger partial charge in [0, 0.05) is 5.92 Å². The van der Waals surface area contributed by atoms with E-state index < -0.39 is 14.1 Å². The zero-order valence-electron chi connectivity index (χ0n) is 15.9. The summed E-state index contributed by atoms with van der Waals surface area (Å²) in [6, 6.07) is 0. The van der Waals surface area contributed by atoms with Gasteiger partial charge in [-0.3, -0.25) is 0 Å². The van der Waals surface area contributed by atoms with Crippen molar-refractivity contribution in [2.75, 3.05) is 0 Å². The first-order valence-corrected chi connectivity index (χ1v) is 12.1.